The standard InChI is InChI=1S/C24H27ClN10O/c1-15(14-36-2)33-5-7-34(8-6-33)20-10-16(11-26)9-19(21(20)25)30-24-31-22(29-17-3-4-17)23-28-13-18(12-27)35(23)32-24/h9-10,13,15,17H,3-8,14H2,1-2H3,(H2,29,30,31,32). The summed E-state index contributed by atoms with van der Waals surface area (Å²) in [7, 11) is 1.72. The fraction of sp³-hybridized carbons (Fsp3) is 0.458. The van der Waals surface area contributed by atoms with Crippen LogP contribution in [-0.4, -0.2) is 76.5 Å². The van der Waals surface area contributed by atoms with Crippen LogP contribution < -0.4 is 15.5 Å². The molecule has 36 heavy (non-hydrogen) atoms. The van der Waals surface area contributed by atoms with Gasteiger partial charge >= 0.3 is 0 Å². The summed E-state index contributed by atoms with van der Waals surface area (Å²) in [5.74, 6) is 0.798. The molecule has 2 aromatic heterocycles. The van der Waals surface area contributed by atoms with Crippen molar-refractivity contribution >= 4 is 40.4 Å². The number of aromatic nitrogens is 4. The van der Waals surface area contributed by atoms with Crippen molar-refractivity contribution in [2.24, 2.45) is 0 Å². The average Bonchev–Trinajstić information content (AvgIpc) is 3.61. The lowest BCUT2D eigenvalue weighted by Gasteiger charge is -2.39. The molecule has 0 bridgehead atoms. The molecule has 3 heterocycles. The molecule has 1 aliphatic heterocycles. The SMILES string of the molecule is COCC(C)N1CCN(c2cc(C#N)cc(Nc3nc(NC4CC4)c4ncc(C#N)n4n3)c2Cl)CC1. The first kappa shape index (κ1) is 24.1. The van der Waals surface area contributed by atoms with Crippen LogP contribution in [0.1, 0.15) is 31.0 Å². The second-order valence-corrected chi connectivity index (χ2v) is 9.49. The molecule has 3 aromatic rings. The number of anilines is 4. The van der Waals surface area contributed by atoms with Crippen LogP contribution in [0.15, 0.2) is 18.3 Å². The van der Waals surface area contributed by atoms with E-state index in [0.717, 1.165) is 44.7 Å². The highest BCUT2D eigenvalue weighted by molar-refractivity contribution is 6.36. The number of nitrogens with one attached hydrogen (secondary N) is 2. The zero-order valence-corrected chi connectivity index (χ0v) is 21.0. The summed E-state index contributed by atoms with van der Waals surface area (Å²) in [5.41, 5.74) is 2.57. The lowest BCUT2D eigenvalue weighted by atomic mass is 10.1. The third-order valence-electron chi connectivity index (χ3n) is 6.51. The summed E-state index contributed by atoms with van der Waals surface area (Å²) in [5, 5.41) is 30.7. The molecular weight excluding hydrogens is 480 g/mol. The number of hydrogen-bond donors (Lipinski definition) is 2. The van der Waals surface area contributed by atoms with E-state index in [1.165, 1.54) is 10.7 Å². The third-order valence-corrected chi connectivity index (χ3v) is 6.91. The molecule has 0 amide bonds. The van der Waals surface area contributed by atoms with Crippen molar-refractivity contribution in [1.29, 1.82) is 10.5 Å². The van der Waals surface area contributed by atoms with E-state index in [0.29, 0.717) is 52.1 Å². The summed E-state index contributed by atoms with van der Waals surface area (Å²) in [4.78, 5) is 13.5. The van der Waals surface area contributed by atoms with Gasteiger partial charge in [-0.2, -0.15) is 20.0 Å². The molecule has 1 saturated carbocycles. The molecule has 5 rings (SSSR count). The van der Waals surface area contributed by atoms with Gasteiger partial charge in [-0.25, -0.2) is 4.98 Å². The van der Waals surface area contributed by atoms with Gasteiger partial charge in [0.05, 0.1) is 40.8 Å². The van der Waals surface area contributed by atoms with Gasteiger partial charge in [0.1, 0.15) is 6.07 Å². The average molecular weight is 507 g/mol. The van der Waals surface area contributed by atoms with E-state index < -0.39 is 0 Å². The zero-order valence-electron chi connectivity index (χ0n) is 20.2. The molecule has 2 aliphatic rings. The number of ether oxygens (including phenoxy) is 1. The van der Waals surface area contributed by atoms with Crippen molar-refractivity contribution in [3.8, 4) is 12.1 Å². The van der Waals surface area contributed by atoms with Crippen molar-refractivity contribution in [1.82, 2.24) is 24.5 Å². The van der Waals surface area contributed by atoms with Crippen molar-refractivity contribution in [2.45, 2.75) is 31.8 Å². The molecule has 186 valence electrons. The molecule has 1 atom stereocenters. The zero-order chi connectivity index (χ0) is 25.2. The van der Waals surface area contributed by atoms with Gasteiger partial charge in [0.2, 0.25) is 5.95 Å². The predicted molar refractivity (Wildman–Crippen MR) is 137 cm³/mol. The summed E-state index contributed by atoms with van der Waals surface area (Å²) in [6, 6.07) is 8.50. The smallest absolute Gasteiger partial charge is 0.247 e. The predicted octanol–water partition coefficient (Wildman–Crippen LogP) is 3.00. The van der Waals surface area contributed by atoms with Crippen LogP contribution in [0.5, 0.6) is 0 Å². The summed E-state index contributed by atoms with van der Waals surface area (Å²) >= 11 is 6.87. The highest BCUT2D eigenvalue weighted by Gasteiger charge is 2.26. The van der Waals surface area contributed by atoms with Crippen molar-refractivity contribution in [3.05, 3.63) is 34.6 Å². The highest BCUT2D eigenvalue weighted by atomic mass is 35.5. The van der Waals surface area contributed by atoms with Crippen LogP contribution in [0.3, 0.4) is 0 Å². The Balaban J connectivity index is 1.44. The number of fused-ring (bicyclic) bond motifs is 1. The molecule has 0 spiro atoms. The van der Waals surface area contributed by atoms with Crippen molar-refractivity contribution < 1.29 is 4.74 Å². The monoisotopic (exact) mass is 506 g/mol. The largest absolute Gasteiger partial charge is 0.383 e. The fourth-order valence-electron chi connectivity index (χ4n) is 4.39. The van der Waals surface area contributed by atoms with E-state index in [1.54, 1.807) is 13.2 Å². The molecule has 12 heteroatoms. The lowest BCUT2D eigenvalue weighted by molar-refractivity contribution is 0.0953. The van der Waals surface area contributed by atoms with Crippen molar-refractivity contribution in [3.63, 3.8) is 0 Å². The van der Waals surface area contributed by atoms with E-state index in [1.807, 2.05) is 6.07 Å². The van der Waals surface area contributed by atoms with Crippen LogP contribution in [0.4, 0.5) is 23.1 Å². The van der Waals surface area contributed by atoms with Crippen LogP contribution >= 0.6 is 11.6 Å². The normalized spacial score (nSPS) is 17.0. The molecule has 1 unspecified atom stereocenters. The van der Waals surface area contributed by atoms with Crippen LogP contribution in [0.2, 0.25) is 5.02 Å². The number of rotatable bonds is 8. The van der Waals surface area contributed by atoms with E-state index in [-0.39, 0.29) is 5.95 Å². The second-order valence-electron chi connectivity index (χ2n) is 9.11. The maximum absolute atomic E-state index is 9.70. The van der Waals surface area contributed by atoms with E-state index >= 15 is 0 Å². The van der Waals surface area contributed by atoms with E-state index in [4.69, 9.17) is 16.3 Å². The molecule has 2 fully saturated rings. The number of piperazine rings is 1. The van der Waals surface area contributed by atoms with Gasteiger partial charge in [-0.05, 0) is 31.9 Å². The maximum atomic E-state index is 9.70. The highest BCUT2D eigenvalue weighted by Crippen LogP contribution is 2.37. The number of imidazole rings is 1. The van der Waals surface area contributed by atoms with Gasteiger partial charge in [0.25, 0.3) is 0 Å². The maximum Gasteiger partial charge on any atom is 0.247 e. The Bertz CT molecular complexity index is 1350. The lowest BCUT2D eigenvalue weighted by Crippen LogP contribution is -2.50. The van der Waals surface area contributed by atoms with E-state index in [9.17, 15) is 10.5 Å². The molecular formula is C24H27ClN10O. The minimum atomic E-state index is 0.251. The molecule has 2 N–H and O–H groups in total. The Labute approximate surface area is 214 Å². The molecule has 11 nitrogen and oxygen atoms in total. The van der Waals surface area contributed by atoms with Gasteiger partial charge in [-0.3, -0.25) is 4.90 Å². The third kappa shape index (κ3) is 4.86. The Morgan fingerprint density at radius 3 is 2.64 bits per heavy atom. The summed E-state index contributed by atoms with van der Waals surface area (Å²) in [6.45, 7) is 6.14. The first-order chi connectivity index (χ1) is 17.5. The Kier molecular flexibility index (Phi) is 6.79. The number of hydrogen-bond acceptors (Lipinski definition) is 10. The summed E-state index contributed by atoms with van der Waals surface area (Å²) in [6.07, 6.45) is 3.59. The Morgan fingerprint density at radius 2 is 1.97 bits per heavy atom. The van der Waals surface area contributed by atoms with Gasteiger partial charge in [-0.15, -0.1) is 5.10 Å². The van der Waals surface area contributed by atoms with Crippen LogP contribution in [0, 0.1) is 22.7 Å². The molecule has 1 aromatic carbocycles. The molecule has 0 radical (unpaired) electrons. The molecule has 1 saturated heterocycles. The van der Waals surface area contributed by atoms with Crippen LogP contribution in [-0.2, 0) is 4.74 Å². The van der Waals surface area contributed by atoms with Crippen molar-refractivity contribution in [2.75, 3.05) is 55.4 Å². The molecule has 1 aliphatic carbocycles. The number of benzene rings is 1. The number of halogens is 1. The van der Waals surface area contributed by atoms with Gasteiger partial charge in [-0.1, -0.05) is 11.6 Å². The topological polar surface area (TPSA) is 130 Å². The summed E-state index contributed by atoms with van der Waals surface area (Å²) < 4.78 is 6.76. The quantitative estimate of drug-likeness (QED) is 0.470. The minimum Gasteiger partial charge on any atom is -0.383 e. The number of nitriles is 2. The number of methoxy groups -OCH3 is 1. The minimum absolute atomic E-state index is 0.251. The Hall–Kier alpha value is -3.64. The first-order valence-electron chi connectivity index (χ1n) is 11.9. The van der Waals surface area contributed by atoms with Gasteiger partial charge < -0.3 is 20.3 Å². The van der Waals surface area contributed by atoms with Gasteiger partial charge in [0.15, 0.2) is 17.2 Å². The number of nitrogens with zero attached hydrogens (tertiary/aromatic N) is 8. The fourth-order valence-corrected chi connectivity index (χ4v) is 4.67. The first-order valence-corrected chi connectivity index (χ1v) is 12.3. The van der Waals surface area contributed by atoms with Crippen LogP contribution in [0.25, 0.3) is 5.65 Å². The second kappa shape index (κ2) is 10.2. The van der Waals surface area contributed by atoms with E-state index in [2.05, 4.69) is 54.6 Å². The Morgan fingerprint density at radius 1 is 1.19 bits per heavy atom. The van der Waals surface area contributed by atoms with Gasteiger partial charge in [0, 0.05) is 45.4 Å².